The molecule has 0 aliphatic rings. The molecule has 0 unspecified atom stereocenters. The van der Waals surface area contributed by atoms with Crippen molar-refractivity contribution in [1.82, 2.24) is 4.57 Å². The van der Waals surface area contributed by atoms with Crippen LogP contribution in [0.25, 0.3) is 0 Å². The summed E-state index contributed by atoms with van der Waals surface area (Å²) >= 11 is 0. The van der Waals surface area contributed by atoms with Crippen LogP contribution in [-0.4, -0.2) is 17.9 Å². The Balaban J connectivity index is 2.22. The molecule has 0 aliphatic carbocycles. The lowest BCUT2D eigenvalue weighted by Gasteiger charge is -2.01. The number of aryl methyl sites for hydroxylation is 1. The van der Waals surface area contributed by atoms with Gasteiger partial charge in [-0.3, -0.25) is 4.99 Å². The zero-order valence-corrected chi connectivity index (χ0v) is 10.3. The quantitative estimate of drug-likeness (QED) is 0.741. The van der Waals surface area contributed by atoms with Gasteiger partial charge in [0.05, 0.1) is 24.7 Å². The SMILES string of the molecule is COc1cccc(N=Cc2ccc(C)n2C)c1. The Morgan fingerprint density at radius 3 is 2.71 bits per heavy atom. The second kappa shape index (κ2) is 4.87. The first-order valence-corrected chi connectivity index (χ1v) is 5.51. The molecule has 1 aromatic heterocycles. The number of hydrogen-bond acceptors (Lipinski definition) is 2. The maximum absolute atomic E-state index is 5.16. The van der Waals surface area contributed by atoms with Crippen LogP contribution in [0.3, 0.4) is 0 Å². The van der Waals surface area contributed by atoms with Crippen molar-refractivity contribution in [2.45, 2.75) is 6.92 Å². The van der Waals surface area contributed by atoms with Crippen LogP contribution < -0.4 is 4.74 Å². The van der Waals surface area contributed by atoms with Crippen molar-refractivity contribution in [3.8, 4) is 5.75 Å². The van der Waals surface area contributed by atoms with E-state index in [1.165, 1.54) is 5.69 Å². The highest BCUT2D eigenvalue weighted by atomic mass is 16.5. The number of nitrogens with zero attached hydrogens (tertiary/aromatic N) is 2. The van der Waals surface area contributed by atoms with Crippen LogP contribution >= 0.6 is 0 Å². The van der Waals surface area contributed by atoms with E-state index in [2.05, 4.69) is 28.6 Å². The Kier molecular flexibility index (Phi) is 3.28. The Morgan fingerprint density at radius 2 is 2.06 bits per heavy atom. The van der Waals surface area contributed by atoms with Gasteiger partial charge < -0.3 is 9.30 Å². The molecule has 0 radical (unpaired) electrons. The van der Waals surface area contributed by atoms with E-state index < -0.39 is 0 Å². The van der Waals surface area contributed by atoms with Crippen LogP contribution in [0.15, 0.2) is 41.4 Å². The van der Waals surface area contributed by atoms with Crippen LogP contribution in [0.2, 0.25) is 0 Å². The minimum atomic E-state index is 0.822. The van der Waals surface area contributed by atoms with Crippen molar-refractivity contribution >= 4 is 11.9 Å². The average Bonchev–Trinajstić information content (AvgIpc) is 2.68. The fourth-order valence-electron chi connectivity index (χ4n) is 1.59. The minimum Gasteiger partial charge on any atom is -0.497 e. The van der Waals surface area contributed by atoms with E-state index >= 15 is 0 Å². The molecule has 3 heteroatoms. The topological polar surface area (TPSA) is 26.5 Å². The molecular weight excluding hydrogens is 212 g/mol. The zero-order valence-electron chi connectivity index (χ0n) is 10.3. The van der Waals surface area contributed by atoms with Crippen molar-refractivity contribution in [2.24, 2.45) is 12.0 Å². The summed E-state index contributed by atoms with van der Waals surface area (Å²) in [6, 6.07) is 11.8. The van der Waals surface area contributed by atoms with Crippen molar-refractivity contribution in [3.05, 3.63) is 47.8 Å². The fraction of sp³-hybridized carbons (Fsp3) is 0.214. The van der Waals surface area contributed by atoms with E-state index in [-0.39, 0.29) is 0 Å². The second-order valence-corrected chi connectivity index (χ2v) is 3.92. The van der Waals surface area contributed by atoms with Gasteiger partial charge in [0, 0.05) is 18.8 Å². The minimum absolute atomic E-state index is 0.822. The third kappa shape index (κ3) is 2.56. The maximum atomic E-state index is 5.16. The molecule has 88 valence electrons. The number of aliphatic imine (C=N–C) groups is 1. The molecule has 0 saturated heterocycles. The van der Waals surface area contributed by atoms with E-state index in [4.69, 9.17) is 4.74 Å². The molecule has 0 fully saturated rings. The third-order valence-electron chi connectivity index (χ3n) is 2.81. The molecule has 0 aliphatic heterocycles. The summed E-state index contributed by atoms with van der Waals surface area (Å²) < 4.78 is 7.26. The summed E-state index contributed by atoms with van der Waals surface area (Å²) in [6.45, 7) is 2.07. The van der Waals surface area contributed by atoms with Gasteiger partial charge in [-0.15, -0.1) is 0 Å². The summed E-state index contributed by atoms with van der Waals surface area (Å²) in [6.07, 6.45) is 1.86. The number of methoxy groups -OCH3 is 1. The molecule has 17 heavy (non-hydrogen) atoms. The summed E-state index contributed by atoms with van der Waals surface area (Å²) in [4.78, 5) is 4.43. The third-order valence-corrected chi connectivity index (χ3v) is 2.81. The van der Waals surface area contributed by atoms with Gasteiger partial charge in [-0.25, -0.2) is 0 Å². The van der Waals surface area contributed by atoms with E-state index in [0.717, 1.165) is 17.1 Å². The summed E-state index contributed by atoms with van der Waals surface area (Å²) in [7, 11) is 3.69. The lowest BCUT2D eigenvalue weighted by Crippen LogP contribution is -1.96. The molecule has 2 aromatic rings. The Morgan fingerprint density at radius 1 is 1.24 bits per heavy atom. The van der Waals surface area contributed by atoms with Gasteiger partial charge in [-0.2, -0.15) is 0 Å². The molecule has 1 heterocycles. The highest BCUT2D eigenvalue weighted by molar-refractivity contribution is 5.80. The molecule has 1 aromatic carbocycles. The van der Waals surface area contributed by atoms with Crippen molar-refractivity contribution in [3.63, 3.8) is 0 Å². The van der Waals surface area contributed by atoms with Crippen molar-refractivity contribution in [2.75, 3.05) is 7.11 Å². The van der Waals surface area contributed by atoms with Gasteiger partial charge in [0.15, 0.2) is 0 Å². The van der Waals surface area contributed by atoms with Crippen LogP contribution in [0, 0.1) is 6.92 Å². The number of aromatic nitrogens is 1. The average molecular weight is 228 g/mol. The first-order chi connectivity index (χ1) is 8.20. The highest BCUT2D eigenvalue weighted by Gasteiger charge is 1.97. The second-order valence-electron chi connectivity index (χ2n) is 3.92. The molecule has 0 spiro atoms. The number of hydrogen-bond donors (Lipinski definition) is 0. The van der Waals surface area contributed by atoms with Gasteiger partial charge in [-0.05, 0) is 31.2 Å². The lowest BCUT2D eigenvalue weighted by atomic mass is 10.3. The van der Waals surface area contributed by atoms with Crippen molar-refractivity contribution < 1.29 is 4.74 Å². The van der Waals surface area contributed by atoms with Crippen LogP contribution in [0.1, 0.15) is 11.4 Å². The van der Waals surface area contributed by atoms with Gasteiger partial charge in [0.2, 0.25) is 0 Å². The maximum Gasteiger partial charge on any atom is 0.121 e. The number of ether oxygens (including phenoxy) is 1. The predicted molar refractivity (Wildman–Crippen MR) is 70.4 cm³/mol. The van der Waals surface area contributed by atoms with E-state index in [0.29, 0.717) is 0 Å². The number of rotatable bonds is 3. The Bertz CT molecular complexity index is 541. The summed E-state index contributed by atoms with van der Waals surface area (Å²) in [5.41, 5.74) is 3.20. The standard InChI is InChI=1S/C14H16N2O/c1-11-7-8-13(16(11)2)10-15-12-5-4-6-14(9-12)17-3/h4-10H,1-3H3. The molecule has 0 amide bonds. The molecule has 2 rings (SSSR count). The number of benzene rings is 1. The smallest absolute Gasteiger partial charge is 0.121 e. The lowest BCUT2D eigenvalue weighted by molar-refractivity contribution is 0.415. The van der Waals surface area contributed by atoms with Crippen LogP contribution in [-0.2, 0) is 7.05 Å². The largest absolute Gasteiger partial charge is 0.497 e. The molecule has 0 atom stereocenters. The van der Waals surface area contributed by atoms with Gasteiger partial charge in [0.1, 0.15) is 5.75 Å². The van der Waals surface area contributed by atoms with E-state index in [1.807, 2.05) is 37.5 Å². The first-order valence-electron chi connectivity index (χ1n) is 5.51. The van der Waals surface area contributed by atoms with Crippen molar-refractivity contribution in [1.29, 1.82) is 0 Å². The van der Waals surface area contributed by atoms with Gasteiger partial charge in [0.25, 0.3) is 0 Å². The van der Waals surface area contributed by atoms with Gasteiger partial charge in [-0.1, -0.05) is 6.07 Å². The Labute approximate surface area is 101 Å². The fourth-order valence-corrected chi connectivity index (χ4v) is 1.59. The van der Waals surface area contributed by atoms with Gasteiger partial charge >= 0.3 is 0 Å². The van der Waals surface area contributed by atoms with E-state index in [9.17, 15) is 0 Å². The summed E-state index contributed by atoms with van der Waals surface area (Å²) in [5, 5.41) is 0. The van der Waals surface area contributed by atoms with Crippen LogP contribution in [0.5, 0.6) is 5.75 Å². The molecule has 3 nitrogen and oxygen atoms in total. The summed E-state index contributed by atoms with van der Waals surface area (Å²) in [5.74, 6) is 0.822. The van der Waals surface area contributed by atoms with Crippen LogP contribution in [0.4, 0.5) is 5.69 Å². The first kappa shape index (κ1) is 11.5. The molecule has 0 N–H and O–H groups in total. The monoisotopic (exact) mass is 228 g/mol. The molecular formula is C14H16N2O. The zero-order chi connectivity index (χ0) is 12.3. The Hall–Kier alpha value is -2.03. The molecule has 0 bridgehead atoms. The highest BCUT2D eigenvalue weighted by Crippen LogP contribution is 2.19. The predicted octanol–water partition coefficient (Wildman–Crippen LogP) is 3.09. The van der Waals surface area contributed by atoms with E-state index in [1.54, 1.807) is 7.11 Å². The molecule has 0 saturated carbocycles. The normalized spacial score (nSPS) is 11.0.